The van der Waals surface area contributed by atoms with E-state index in [9.17, 15) is 0 Å². The van der Waals surface area contributed by atoms with Gasteiger partial charge < -0.3 is 10.3 Å². The van der Waals surface area contributed by atoms with Crippen LogP contribution in [0.4, 0.5) is 0 Å². The third-order valence-corrected chi connectivity index (χ3v) is 3.93. The first-order valence-electron chi connectivity index (χ1n) is 5.97. The average Bonchev–Trinajstić information content (AvgIpc) is 3.02. The SMILES string of the molecule is c1cnc2nc(C3CC4CCC3N4)[nH]c2c1. The minimum Gasteiger partial charge on any atom is -0.340 e. The highest BCUT2D eigenvalue weighted by atomic mass is 15.1. The van der Waals surface area contributed by atoms with Crippen LogP contribution in [0.15, 0.2) is 18.3 Å². The molecule has 3 atom stereocenters. The van der Waals surface area contributed by atoms with Crippen LogP contribution in [0.5, 0.6) is 0 Å². The van der Waals surface area contributed by atoms with Crippen LogP contribution in [0, 0.1) is 0 Å². The molecular weight excluding hydrogens is 200 g/mol. The highest BCUT2D eigenvalue weighted by Crippen LogP contribution is 2.39. The zero-order valence-corrected chi connectivity index (χ0v) is 8.98. The van der Waals surface area contributed by atoms with E-state index >= 15 is 0 Å². The van der Waals surface area contributed by atoms with E-state index in [4.69, 9.17) is 0 Å². The van der Waals surface area contributed by atoms with Gasteiger partial charge in [-0.15, -0.1) is 0 Å². The molecule has 2 bridgehead atoms. The zero-order chi connectivity index (χ0) is 10.5. The summed E-state index contributed by atoms with van der Waals surface area (Å²) in [6.07, 6.45) is 5.65. The third-order valence-electron chi connectivity index (χ3n) is 3.93. The quantitative estimate of drug-likeness (QED) is 0.757. The van der Waals surface area contributed by atoms with Gasteiger partial charge in [0.2, 0.25) is 0 Å². The molecule has 2 aliphatic heterocycles. The number of rotatable bonds is 1. The van der Waals surface area contributed by atoms with Gasteiger partial charge in [-0.1, -0.05) is 0 Å². The van der Waals surface area contributed by atoms with E-state index in [0.717, 1.165) is 23.0 Å². The van der Waals surface area contributed by atoms with Crippen molar-refractivity contribution < 1.29 is 0 Å². The van der Waals surface area contributed by atoms with Gasteiger partial charge in [0.25, 0.3) is 0 Å². The predicted octanol–water partition coefficient (Wildman–Crippen LogP) is 1.57. The summed E-state index contributed by atoms with van der Waals surface area (Å²) in [5.74, 6) is 1.68. The number of hydrogen-bond donors (Lipinski definition) is 2. The van der Waals surface area contributed by atoms with Crippen LogP contribution in [0.25, 0.3) is 11.2 Å². The second-order valence-corrected chi connectivity index (χ2v) is 4.89. The summed E-state index contributed by atoms with van der Waals surface area (Å²) in [6, 6.07) is 5.34. The molecule has 2 aromatic heterocycles. The maximum atomic E-state index is 4.61. The Kier molecular flexibility index (Phi) is 1.65. The lowest BCUT2D eigenvalue weighted by molar-refractivity contribution is 0.490. The summed E-state index contributed by atoms with van der Waals surface area (Å²) in [5.41, 5.74) is 1.90. The number of fused-ring (bicyclic) bond motifs is 3. The number of nitrogens with one attached hydrogen (secondary N) is 2. The smallest absolute Gasteiger partial charge is 0.177 e. The summed E-state index contributed by atoms with van der Waals surface area (Å²) in [7, 11) is 0. The van der Waals surface area contributed by atoms with Crippen molar-refractivity contribution >= 4 is 11.2 Å². The molecule has 82 valence electrons. The van der Waals surface area contributed by atoms with Crippen molar-refractivity contribution in [3.8, 4) is 0 Å². The van der Waals surface area contributed by atoms with Gasteiger partial charge >= 0.3 is 0 Å². The van der Waals surface area contributed by atoms with Crippen molar-refractivity contribution in [1.82, 2.24) is 20.3 Å². The topological polar surface area (TPSA) is 53.6 Å². The summed E-state index contributed by atoms with van der Waals surface area (Å²) in [4.78, 5) is 12.3. The Bertz CT molecular complexity index is 500. The lowest BCUT2D eigenvalue weighted by Gasteiger charge is -2.17. The number of imidazole rings is 1. The molecule has 4 nitrogen and oxygen atoms in total. The summed E-state index contributed by atoms with van der Waals surface area (Å²) < 4.78 is 0. The zero-order valence-electron chi connectivity index (χ0n) is 8.98. The van der Waals surface area contributed by atoms with Crippen molar-refractivity contribution in [3.05, 3.63) is 24.2 Å². The third kappa shape index (κ3) is 1.13. The molecule has 4 rings (SSSR count). The Balaban J connectivity index is 1.76. The molecule has 2 aliphatic rings. The van der Waals surface area contributed by atoms with Crippen LogP contribution in [-0.2, 0) is 0 Å². The maximum Gasteiger partial charge on any atom is 0.177 e. The van der Waals surface area contributed by atoms with E-state index in [1.54, 1.807) is 6.20 Å². The standard InChI is InChI=1S/C12H14N4/c1-2-10-12(13-5-1)16-11(15-10)8-6-7-3-4-9(8)14-7/h1-2,5,7-9,14H,3-4,6H2,(H,13,15,16). The molecule has 16 heavy (non-hydrogen) atoms. The van der Waals surface area contributed by atoms with Crippen LogP contribution in [0.3, 0.4) is 0 Å². The highest BCUT2D eigenvalue weighted by molar-refractivity contribution is 5.70. The Morgan fingerprint density at radius 3 is 3.06 bits per heavy atom. The molecule has 4 heteroatoms. The fourth-order valence-electron chi connectivity index (χ4n) is 3.17. The number of pyridine rings is 1. The fourth-order valence-corrected chi connectivity index (χ4v) is 3.17. The molecule has 2 aromatic rings. The molecule has 0 aromatic carbocycles. The van der Waals surface area contributed by atoms with Crippen molar-refractivity contribution in [1.29, 1.82) is 0 Å². The van der Waals surface area contributed by atoms with Crippen molar-refractivity contribution in [2.45, 2.75) is 37.3 Å². The van der Waals surface area contributed by atoms with Gasteiger partial charge in [0.05, 0.1) is 5.52 Å². The monoisotopic (exact) mass is 214 g/mol. The van der Waals surface area contributed by atoms with Crippen LogP contribution in [-0.4, -0.2) is 27.0 Å². The van der Waals surface area contributed by atoms with Crippen molar-refractivity contribution in [2.24, 2.45) is 0 Å². The van der Waals surface area contributed by atoms with E-state index < -0.39 is 0 Å². The molecule has 0 spiro atoms. The Labute approximate surface area is 93.5 Å². The fraction of sp³-hybridized carbons (Fsp3) is 0.500. The summed E-state index contributed by atoms with van der Waals surface area (Å²) in [5, 5.41) is 3.64. The predicted molar refractivity (Wildman–Crippen MR) is 61.2 cm³/mol. The van der Waals surface area contributed by atoms with E-state index in [-0.39, 0.29) is 0 Å². The second kappa shape index (κ2) is 3.04. The van der Waals surface area contributed by atoms with Gasteiger partial charge in [0.15, 0.2) is 5.65 Å². The largest absolute Gasteiger partial charge is 0.340 e. The molecule has 2 fully saturated rings. The summed E-state index contributed by atoms with van der Waals surface area (Å²) in [6.45, 7) is 0. The normalized spacial score (nSPS) is 32.6. The Morgan fingerprint density at radius 2 is 2.31 bits per heavy atom. The Morgan fingerprint density at radius 1 is 1.31 bits per heavy atom. The molecule has 2 saturated heterocycles. The molecule has 0 saturated carbocycles. The first-order valence-corrected chi connectivity index (χ1v) is 5.97. The number of aromatic amines is 1. The molecule has 0 radical (unpaired) electrons. The van der Waals surface area contributed by atoms with Gasteiger partial charge in [0.1, 0.15) is 5.82 Å². The number of H-pyrrole nitrogens is 1. The van der Waals surface area contributed by atoms with E-state index in [1.165, 1.54) is 19.3 Å². The van der Waals surface area contributed by atoms with E-state index in [0.29, 0.717) is 12.0 Å². The molecule has 3 unspecified atom stereocenters. The minimum absolute atomic E-state index is 0.563. The second-order valence-electron chi connectivity index (χ2n) is 4.89. The van der Waals surface area contributed by atoms with Crippen LogP contribution < -0.4 is 5.32 Å². The van der Waals surface area contributed by atoms with Crippen LogP contribution in [0.1, 0.15) is 31.0 Å². The molecular formula is C12H14N4. The Hall–Kier alpha value is -1.42. The lowest BCUT2D eigenvalue weighted by atomic mass is 9.89. The number of hydrogen-bond acceptors (Lipinski definition) is 3. The van der Waals surface area contributed by atoms with Gasteiger partial charge in [-0.05, 0) is 31.4 Å². The van der Waals surface area contributed by atoms with E-state index in [2.05, 4.69) is 20.3 Å². The van der Waals surface area contributed by atoms with Crippen molar-refractivity contribution in [3.63, 3.8) is 0 Å². The summed E-state index contributed by atoms with van der Waals surface area (Å²) >= 11 is 0. The van der Waals surface area contributed by atoms with E-state index in [1.807, 2.05) is 12.1 Å². The number of nitrogens with zero attached hydrogens (tertiary/aromatic N) is 2. The van der Waals surface area contributed by atoms with Crippen LogP contribution in [0.2, 0.25) is 0 Å². The van der Waals surface area contributed by atoms with Gasteiger partial charge in [-0.25, -0.2) is 9.97 Å². The average molecular weight is 214 g/mol. The van der Waals surface area contributed by atoms with Crippen LogP contribution >= 0.6 is 0 Å². The molecule has 0 amide bonds. The van der Waals surface area contributed by atoms with Gasteiger partial charge in [-0.3, -0.25) is 0 Å². The van der Waals surface area contributed by atoms with Crippen molar-refractivity contribution in [2.75, 3.05) is 0 Å². The molecule has 4 heterocycles. The maximum absolute atomic E-state index is 4.61. The molecule has 0 aliphatic carbocycles. The highest BCUT2D eigenvalue weighted by Gasteiger charge is 2.41. The first kappa shape index (κ1) is 8.70. The molecule has 2 N–H and O–H groups in total. The van der Waals surface area contributed by atoms with Gasteiger partial charge in [0, 0.05) is 24.2 Å². The first-order chi connectivity index (χ1) is 7.90. The minimum atomic E-state index is 0.563. The number of aromatic nitrogens is 3. The van der Waals surface area contributed by atoms with Gasteiger partial charge in [-0.2, -0.15) is 0 Å². The lowest BCUT2D eigenvalue weighted by Crippen LogP contribution is -2.22.